The van der Waals surface area contributed by atoms with Crippen LogP contribution in [0.1, 0.15) is 0 Å². The summed E-state index contributed by atoms with van der Waals surface area (Å²) in [7, 11) is -3.59. The van der Waals surface area contributed by atoms with Crippen molar-refractivity contribution >= 4 is 16.0 Å². The highest BCUT2D eigenvalue weighted by atomic mass is 32.2. The fourth-order valence-electron chi connectivity index (χ4n) is 1.78. The van der Waals surface area contributed by atoms with E-state index < -0.39 is 10.0 Å². The van der Waals surface area contributed by atoms with Crippen LogP contribution in [0, 0.1) is 0 Å². The van der Waals surface area contributed by atoms with Gasteiger partial charge in [-0.25, -0.2) is 29.0 Å². The molecule has 1 fully saturated rings. The molecule has 9 nitrogen and oxygen atoms in total. The van der Waals surface area contributed by atoms with Crippen molar-refractivity contribution in [3.05, 3.63) is 12.4 Å². The molecule has 0 bridgehead atoms. The van der Waals surface area contributed by atoms with Gasteiger partial charge in [0.25, 0.3) is 0 Å². The molecule has 1 aliphatic heterocycles. The molecule has 20 heavy (non-hydrogen) atoms. The summed E-state index contributed by atoms with van der Waals surface area (Å²) in [6.07, 6.45) is 2.42. The summed E-state index contributed by atoms with van der Waals surface area (Å²) in [6, 6.07) is 0. The van der Waals surface area contributed by atoms with Gasteiger partial charge in [0.2, 0.25) is 16.0 Å². The molecule has 1 saturated heterocycles. The maximum absolute atomic E-state index is 12.0. The molecule has 0 atom stereocenters. The van der Waals surface area contributed by atoms with Gasteiger partial charge in [0.05, 0.1) is 25.6 Å². The minimum absolute atomic E-state index is 0.0125. The fraction of sp³-hybridized carbons (Fsp3) is 0.600. The molecule has 1 aromatic rings. The number of morpholine rings is 1. The zero-order valence-electron chi connectivity index (χ0n) is 10.9. The van der Waals surface area contributed by atoms with Crippen LogP contribution in [-0.4, -0.2) is 62.7 Å². The smallest absolute Gasteiger partial charge is 0.243 e. The monoisotopic (exact) mass is 302 g/mol. The predicted molar refractivity (Wildman–Crippen MR) is 72.3 cm³/mol. The molecule has 0 radical (unpaired) electrons. The van der Waals surface area contributed by atoms with E-state index in [0.29, 0.717) is 26.3 Å². The second-order valence-corrected chi connectivity index (χ2v) is 6.01. The van der Waals surface area contributed by atoms with Crippen molar-refractivity contribution in [3.8, 4) is 0 Å². The lowest BCUT2D eigenvalue weighted by molar-refractivity contribution is 0.0390. The average Bonchev–Trinajstić information content (AvgIpc) is 2.48. The van der Waals surface area contributed by atoms with Gasteiger partial charge >= 0.3 is 0 Å². The number of nitrogen functional groups attached to an aromatic ring is 1. The number of hydrogen-bond donors (Lipinski definition) is 3. The van der Waals surface area contributed by atoms with Crippen molar-refractivity contribution in [3.63, 3.8) is 0 Å². The van der Waals surface area contributed by atoms with Crippen LogP contribution in [0.15, 0.2) is 17.3 Å². The van der Waals surface area contributed by atoms with E-state index in [1.807, 2.05) is 0 Å². The number of sulfonamides is 1. The molecule has 0 spiro atoms. The molecule has 4 N–H and O–H groups in total. The van der Waals surface area contributed by atoms with Gasteiger partial charge in [0.15, 0.2) is 0 Å². The summed E-state index contributed by atoms with van der Waals surface area (Å²) in [5, 5.41) is 0. The molecule has 2 heterocycles. The molecular formula is C10H18N6O3S. The quantitative estimate of drug-likeness (QED) is 0.423. The molecule has 0 amide bonds. The van der Waals surface area contributed by atoms with E-state index in [4.69, 9.17) is 10.6 Å². The summed E-state index contributed by atoms with van der Waals surface area (Å²) in [4.78, 5) is 9.69. The third kappa shape index (κ3) is 4.08. The number of rotatable bonds is 6. The van der Waals surface area contributed by atoms with Gasteiger partial charge in [-0.05, 0) is 0 Å². The number of anilines is 1. The van der Waals surface area contributed by atoms with E-state index in [0.717, 1.165) is 13.1 Å². The Morgan fingerprint density at radius 2 is 1.95 bits per heavy atom. The first-order valence-electron chi connectivity index (χ1n) is 6.20. The minimum Gasteiger partial charge on any atom is -0.379 e. The Kier molecular flexibility index (Phi) is 5.20. The van der Waals surface area contributed by atoms with Gasteiger partial charge < -0.3 is 4.74 Å². The van der Waals surface area contributed by atoms with Crippen LogP contribution < -0.4 is 16.0 Å². The Balaban J connectivity index is 1.86. The first kappa shape index (κ1) is 15.1. The Morgan fingerprint density at radius 3 is 2.55 bits per heavy atom. The van der Waals surface area contributed by atoms with Gasteiger partial charge in [-0.15, -0.1) is 0 Å². The maximum Gasteiger partial charge on any atom is 0.243 e. The normalized spacial score (nSPS) is 17.1. The summed E-state index contributed by atoms with van der Waals surface area (Å²) < 4.78 is 31.7. The first-order chi connectivity index (χ1) is 9.62. The van der Waals surface area contributed by atoms with Crippen LogP contribution in [-0.2, 0) is 14.8 Å². The SMILES string of the molecule is NNc1ncc(S(=O)(=O)NCCN2CCOCC2)cn1. The fourth-order valence-corrected chi connectivity index (χ4v) is 2.69. The highest BCUT2D eigenvalue weighted by molar-refractivity contribution is 7.89. The lowest BCUT2D eigenvalue weighted by Gasteiger charge is -2.26. The number of nitrogens with zero attached hydrogens (tertiary/aromatic N) is 3. The summed E-state index contributed by atoms with van der Waals surface area (Å²) in [6.45, 7) is 4.00. The Morgan fingerprint density at radius 1 is 1.30 bits per heavy atom. The number of nitrogens with one attached hydrogen (secondary N) is 2. The Labute approximate surface area is 117 Å². The summed E-state index contributed by atoms with van der Waals surface area (Å²) in [5.74, 6) is 5.28. The number of hydrazine groups is 1. The predicted octanol–water partition coefficient (Wildman–Crippen LogP) is -1.63. The van der Waals surface area contributed by atoms with E-state index >= 15 is 0 Å². The van der Waals surface area contributed by atoms with Gasteiger partial charge in [0, 0.05) is 26.2 Å². The van der Waals surface area contributed by atoms with Gasteiger partial charge in [-0.2, -0.15) is 0 Å². The highest BCUT2D eigenvalue weighted by Gasteiger charge is 2.16. The highest BCUT2D eigenvalue weighted by Crippen LogP contribution is 2.06. The van der Waals surface area contributed by atoms with E-state index in [1.54, 1.807) is 0 Å². The Bertz CT molecular complexity index is 514. The van der Waals surface area contributed by atoms with Crippen molar-refractivity contribution in [1.82, 2.24) is 19.6 Å². The van der Waals surface area contributed by atoms with E-state index in [2.05, 4.69) is 25.0 Å². The van der Waals surface area contributed by atoms with Crippen molar-refractivity contribution < 1.29 is 13.2 Å². The largest absolute Gasteiger partial charge is 0.379 e. The van der Waals surface area contributed by atoms with Crippen molar-refractivity contribution in [2.24, 2.45) is 5.84 Å². The molecule has 2 rings (SSSR count). The average molecular weight is 302 g/mol. The van der Waals surface area contributed by atoms with E-state index in [9.17, 15) is 8.42 Å². The van der Waals surface area contributed by atoms with Crippen molar-refractivity contribution in [2.45, 2.75) is 4.90 Å². The van der Waals surface area contributed by atoms with Crippen LogP contribution in [0.25, 0.3) is 0 Å². The first-order valence-corrected chi connectivity index (χ1v) is 7.68. The molecular weight excluding hydrogens is 284 g/mol. The van der Waals surface area contributed by atoms with Crippen LogP contribution in [0.5, 0.6) is 0 Å². The van der Waals surface area contributed by atoms with Crippen molar-refractivity contribution in [1.29, 1.82) is 0 Å². The summed E-state index contributed by atoms with van der Waals surface area (Å²) in [5.41, 5.74) is 2.24. The zero-order valence-corrected chi connectivity index (χ0v) is 11.8. The number of hydrogen-bond acceptors (Lipinski definition) is 8. The molecule has 1 aliphatic rings. The van der Waals surface area contributed by atoms with Crippen LogP contribution in [0.3, 0.4) is 0 Å². The lowest BCUT2D eigenvalue weighted by atomic mass is 10.4. The molecule has 0 unspecified atom stereocenters. The molecule has 0 saturated carbocycles. The number of ether oxygens (including phenoxy) is 1. The van der Waals surface area contributed by atoms with E-state index in [1.165, 1.54) is 12.4 Å². The lowest BCUT2D eigenvalue weighted by Crippen LogP contribution is -2.41. The second kappa shape index (κ2) is 6.90. The molecule has 1 aromatic heterocycles. The van der Waals surface area contributed by atoms with Crippen molar-refractivity contribution in [2.75, 3.05) is 44.8 Å². The number of nitrogens with two attached hydrogens (primary N) is 1. The molecule has 0 aliphatic carbocycles. The molecule has 0 aromatic carbocycles. The minimum atomic E-state index is -3.59. The van der Waals surface area contributed by atoms with Gasteiger partial charge in [-0.3, -0.25) is 10.3 Å². The standard InChI is InChI=1S/C10H18N6O3S/c11-15-10-12-7-9(8-13-10)20(17,18)14-1-2-16-3-5-19-6-4-16/h7-8,14H,1-6,11H2,(H,12,13,15). The number of aromatic nitrogens is 2. The van der Waals surface area contributed by atoms with Crippen LogP contribution in [0.4, 0.5) is 5.95 Å². The van der Waals surface area contributed by atoms with E-state index in [-0.39, 0.29) is 10.8 Å². The van der Waals surface area contributed by atoms with Gasteiger partial charge in [0.1, 0.15) is 4.90 Å². The third-order valence-electron chi connectivity index (χ3n) is 2.89. The summed E-state index contributed by atoms with van der Waals surface area (Å²) >= 11 is 0. The zero-order chi connectivity index (χ0) is 14.4. The van der Waals surface area contributed by atoms with Crippen LogP contribution in [0.2, 0.25) is 0 Å². The third-order valence-corrected chi connectivity index (χ3v) is 4.31. The molecule has 112 valence electrons. The van der Waals surface area contributed by atoms with Crippen LogP contribution >= 0.6 is 0 Å². The topological polar surface area (TPSA) is 122 Å². The Hall–Kier alpha value is -1.33. The maximum atomic E-state index is 12.0. The molecule has 10 heteroatoms. The van der Waals surface area contributed by atoms with Gasteiger partial charge in [-0.1, -0.05) is 0 Å². The second-order valence-electron chi connectivity index (χ2n) is 4.24.